The highest BCUT2D eigenvalue weighted by Crippen LogP contribution is 2.18. The highest BCUT2D eigenvalue weighted by molar-refractivity contribution is 5.94. The number of esters is 1. The molecule has 1 amide bonds. The van der Waals surface area contributed by atoms with E-state index in [4.69, 9.17) is 4.74 Å². The fraction of sp³-hybridized carbons (Fsp3) is 0.240. The van der Waals surface area contributed by atoms with Crippen molar-refractivity contribution in [3.63, 3.8) is 0 Å². The molecule has 0 aliphatic heterocycles. The topological polar surface area (TPSA) is 68.3 Å². The van der Waals surface area contributed by atoms with Crippen molar-refractivity contribution in [1.82, 2.24) is 10.3 Å². The van der Waals surface area contributed by atoms with Crippen molar-refractivity contribution in [3.05, 3.63) is 101 Å². The third-order valence-electron chi connectivity index (χ3n) is 4.70. The molecule has 0 saturated carbocycles. The lowest BCUT2D eigenvalue weighted by atomic mass is 10.0. The maximum absolute atomic E-state index is 12.6. The monoisotopic (exact) mass is 402 g/mol. The maximum atomic E-state index is 12.6. The van der Waals surface area contributed by atoms with Crippen molar-refractivity contribution in [2.75, 3.05) is 6.61 Å². The van der Waals surface area contributed by atoms with Crippen LogP contribution in [0.25, 0.3) is 0 Å². The fourth-order valence-corrected chi connectivity index (χ4v) is 3.17. The molecule has 0 aliphatic carbocycles. The normalized spacial score (nSPS) is 11.5. The Morgan fingerprint density at radius 3 is 2.33 bits per heavy atom. The van der Waals surface area contributed by atoms with Crippen molar-refractivity contribution in [3.8, 4) is 0 Å². The number of aromatic nitrogens is 1. The van der Waals surface area contributed by atoms with E-state index in [0.717, 1.165) is 23.4 Å². The number of carbonyl (C=O) groups excluding carboxylic acids is 2. The van der Waals surface area contributed by atoms with Crippen LogP contribution >= 0.6 is 0 Å². The molecule has 1 heterocycles. The molecule has 154 valence electrons. The summed E-state index contributed by atoms with van der Waals surface area (Å²) in [5.41, 5.74) is 3.38. The number of pyridine rings is 1. The standard InChI is InChI=1S/C25H26N2O3/c1-19-10-8-15-22(26-19)16-9-17-30-24(28)18-23(20-11-4-2-5-12-20)27-25(29)21-13-6-3-7-14-21/h2-8,10-15,23H,9,16-18H2,1H3,(H,27,29). The zero-order valence-electron chi connectivity index (χ0n) is 17.1. The lowest BCUT2D eigenvalue weighted by Gasteiger charge is -2.19. The Balaban J connectivity index is 1.54. The summed E-state index contributed by atoms with van der Waals surface area (Å²) in [7, 11) is 0. The van der Waals surface area contributed by atoms with Crippen LogP contribution in [0.4, 0.5) is 0 Å². The van der Waals surface area contributed by atoms with E-state index < -0.39 is 6.04 Å². The molecule has 1 unspecified atom stereocenters. The minimum atomic E-state index is -0.454. The summed E-state index contributed by atoms with van der Waals surface area (Å²) in [6.07, 6.45) is 1.53. The van der Waals surface area contributed by atoms with Crippen LogP contribution in [0.15, 0.2) is 78.9 Å². The summed E-state index contributed by atoms with van der Waals surface area (Å²) in [5, 5.41) is 2.95. The van der Waals surface area contributed by atoms with Gasteiger partial charge in [-0.15, -0.1) is 0 Å². The van der Waals surface area contributed by atoms with Crippen molar-refractivity contribution in [2.45, 2.75) is 32.2 Å². The Morgan fingerprint density at radius 1 is 0.933 bits per heavy atom. The minimum Gasteiger partial charge on any atom is -0.466 e. The van der Waals surface area contributed by atoms with Crippen LogP contribution in [0.5, 0.6) is 0 Å². The number of amides is 1. The highest BCUT2D eigenvalue weighted by Gasteiger charge is 2.20. The summed E-state index contributed by atoms with van der Waals surface area (Å²) in [6, 6.07) is 23.9. The van der Waals surface area contributed by atoms with Crippen LogP contribution in [0.1, 0.15) is 46.2 Å². The summed E-state index contributed by atoms with van der Waals surface area (Å²) in [4.78, 5) is 29.5. The van der Waals surface area contributed by atoms with Gasteiger partial charge in [0.15, 0.2) is 0 Å². The molecule has 1 atom stereocenters. The van der Waals surface area contributed by atoms with E-state index in [2.05, 4.69) is 10.3 Å². The molecule has 1 N–H and O–H groups in total. The second-order valence-corrected chi connectivity index (χ2v) is 7.10. The molecule has 0 fully saturated rings. The molecular weight excluding hydrogens is 376 g/mol. The van der Waals surface area contributed by atoms with Gasteiger partial charge in [-0.25, -0.2) is 0 Å². The Hall–Kier alpha value is -3.47. The van der Waals surface area contributed by atoms with E-state index in [-0.39, 0.29) is 18.3 Å². The molecule has 1 aromatic heterocycles. The average Bonchev–Trinajstić information content (AvgIpc) is 2.77. The Kier molecular flexibility index (Phi) is 7.72. The van der Waals surface area contributed by atoms with Crippen molar-refractivity contribution in [2.24, 2.45) is 0 Å². The first-order valence-electron chi connectivity index (χ1n) is 10.1. The Labute approximate surface area is 177 Å². The molecule has 0 spiro atoms. The number of rotatable bonds is 9. The number of nitrogens with zero attached hydrogens (tertiary/aromatic N) is 1. The predicted octanol–water partition coefficient (Wildman–Crippen LogP) is 4.43. The summed E-state index contributed by atoms with van der Waals surface area (Å²) < 4.78 is 5.42. The maximum Gasteiger partial charge on any atom is 0.308 e. The van der Waals surface area contributed by atoms with E-state index in [1.54, 1.807) is 12.1 Å². The van der Waals surface area contributed by atoms with Gasteiger partial charge in [0.1, 0.15) is 0 Å². The Morgan fingerprint density at radius 2 is 1.63 bits per heavy atom. The van der Waals surface area contributed by atoms with Crippen LogP contribution in [0.2, 0.25) is 0 Å². The molecule has 0 bridgehead atoms. The van der Waals surface area contributed by atoms with Gasteiger partial charge < -0.3 is 10.1 Å². The van der Waals surface area contributed by atoms with Gasteiger partial charge in [-0.3, -0.25) is 14.6 Å². The molecule has 3 aromatic rings. The minimum absolute atomic E-state index is 0.0747. The second-order valence-electron chi connectivity index (χ2n) is 7.10. The van der Waals surface area contributed by atoms with Crippen LogP contribution < -0.4 is 5.32 Å². The second kappa shape index (κ2) is 10.9. The van der Waals surface area contributed by atoms with Gasteiger partial charge in [0.25, 0.3) is 5.91 Å². The zero-order valence-corrected chi connectivity index (χ0v) is 17.1. The van der Waals surface area contributed by atoms with Crippen molar-refractivity contribution >= 4 is 11.9 Å². The molecule has 0 radical (unpaired) electrons. The lowest BCUT2D eigenvalue weighted by molar-refractivity contribution is -0.144. The number of benzene rings is 2. The average molecular weight is 402 g/mol. The van der Waals surface area contributed by atoms with Crippen LogP contribution in [-0.2, 0) is 16.0 Å². The van der Waals surface area contributed by atoms with Crippen LogP contribution in [0, 0.1) is 6.92 Å². The highest BCUT2D eigenvalue weighted by atomic mass is 16.5. The van der Waals surface area contributed by atoms with Crippen molar-refractivity contribution in [1.29, 1.82) is 0 Å². The van der Waals surface area contributed by atoms with Gasteiger partial charge in [-0.1, -0.05) is 54.6 Å². The van der Waals surface area contributed by atoms with E-state index in [1.165, 1.54) is 0 Å². The first-order chi connectivity index (χ1) is 14.6. The van der Waals surface area contributed by atoms with Gasteiger partial charge >= 0.3 is 5.97 Å². The first-order valence-corrected chi connectivity index (χ1v) is 10.1. The third-order valence-corrected chi connectivity index (χ3v) is 4.70. The third kappa shape index (κ3) is 6.55. The molecule has 0 saturated heterocycles. The van der Waals surface area contributed by atoms with Crippen molar-refractivity contribution < 1.29 is 14.3 Å². The van der Waals surface area contributed by atoms with Gasteiger partial charge in [0.2, 0.25) is 0 Å². The van der Waals surface area contributed by atoms with Gasteiger partial charge in [0, 0.05) is 17.0 Å². The predicted molar refractivity (Wildman–Crippen MR) is 116 cm³/mol. The van der Waals surface area contributed by atoms with E-state index in [0.29, 0.717) is 18.6 Å². The fourth-order valence-electron chi connectivity index (χ4n) is 3.17. The van der Waals surface area contributed by atoms with Crippen LogP contribution in [0.3, 0.4) is 0 Å². The smallest absolute Gasteiger partial charge is 0.308 e. The van der Waals surface area contributed by atoms with E-state index in [9.17, 15) is 9.59 Å². The molecule has 30 heavy (non-hydrogen) atoms. The molecular formula is C25H26N2O3. The quantitative estimate of drug-likeness (QED) is 0.425. The Bertz CT molecular complexity index is 958. The van der Waals surface area contributed by atoms with E-state index in [1.807, 2.05) is 73.7 Å². The number of hydrogen-bond donors (Lipinski definition) is 1. The molecule has 2 aromatic carbocycles. The number of ether oxygens (including phenoxy) is 1. The molecule has 5 heteroatoms. The number of carbonyl (C=O) groups is 2. The number of aryl methyl sites for hydroxylation is 2. The summed E-state index contributed by atoms with van der Waals surface area (Å²) in [6.45, 7) is 2.28. The first kappa shape index (κ1) is 21.2. The zero-order chi connectivity index (χ0) is 21.2. The van der Waals surface area contributed by atoms with Gasteiger partial charge in [0.05, 0.1) is 19.1 Å². The lowest BCUT2D eigenvalue weighted by Crippen LogP contribution is -2.30. The summed E-state index contributed by atoms with van der Waals surface area (Å²) in [5.74, 6) is -0.558. The molecule has 3 rings (SSSR count). The summed E-state index contributed by atoms with van der Waals surface area (Å²) >= 11 is 0. The van der Waals surface area contributed by atoms with Gasteiger partial charge in [-0.2, -0.15) is 0 Å². The number of hydrogen-bond acceptors (Lipinski definition) is 4. The molecule has 5 nitrogen and oxygen atoms in total. The van der Waals surface area contributed by atoms with Gasteiger partial charge in [-0.05, 0) is 49.6 Å². The SMILES string of the molecule is Cc1cccc(CCCOC(=O)CC(NC(=O)c2ccccc2)c2ccccc2)n1. The molecule has 0 aliphatic rings. The number of nitrogens with one attached hydrogen (secondary N) is 1. The van der Waals surface area contributed by atoms with E-state index >= 15 is 0 Å². The largest absolute Gasteiger partial charge is 0.466 e. The van der Waals surface area contributed by atoms with Crippen LogP contribution in [-0.4, -0.2) is 23.5 Å².